The van der Waals surface area contributed by atoms with E-state index >= 15 is 0 Å². The molecule has 20 heavy (non-hydrogen) atoms. The van der Waals surface area contributed by atoms with Gasteiger partial charge in [-0.15, -0.1) is 0 Å². The smallest absolute Gasteiger partial charge is 0.337 e. The van der Waals surface area contributed by atoms with Crippen molar-refractivity contribution >= 4 is 17.3 Å². The molecule has 1 fully saturated rings. The molecule has 0 spiro atoms. The summed E-state index contributed by atoms with van der Waals surface area (Å²) >= 11 is 0. The van der Waals surface area contributed by atoms with E-state index in [-0.39, 0.29) is 0 Å². The first-order valence-electron chi connectivity index (χ1n) is 7.00. The van der Waals surface area contributed by atoms with Crippen molar-refractivity contribution in [3.05, 3.63) is 23.8 Å². The number of benzene rings is 1. The fourth-order valence-corrected chi connectivity index (χ4v) is 2.78. The molecule has 1 aliphatic rings. The van der Waals surface area contributed by atoms with Gasteiger partial charge in [0.1, 0.15) is 0 Å². The monoisotopic (exact) mass is 277 g/mol. The number of nitrogens with zero attached hydrogens (tertiary/aromatic N) is 2. The predicted molar refractivity (Wildman–Crippen MR) is 81.3 cm³/mol. The third-order valence-corrected chi connectivity index (χ3v) is 4.03. The molecule has 3 N–H and O–H groups in total. The van der Waals surface area contributed by atoms with Crippen LogP contribution in [0.15, 0.2) is 18.2 Å². The van der Waals surface area contributed by atoms with Crippen LogP contribution in [0.5, 0.6) is 0 Å². The molecular formula is C15H23N3O2. The van der Waals surface area contributed by atoms with E-state index in [9.17, 15) is 9.90 Å². The molecule has 5 nitrogen and oxygen atoms in total. The normalized spacial score (nSPS) is 17.1. The Morgan fingerprint density at radius 2 is 2.10 bits per heavy atom. The topological polar surface area (TPSA) is 69.8 Å². The maximum Gasteiger partial charge on any atom is 0.337 e. The van der Waals surface area contributed by atoms with Crippen molar-refractivity contribution in [2.45, 2.75) is 12.8 Å². The van der Waals surface area contributed by atoms with Gasteiger partial charge < -0.3 is 20.6 Å². The number of hydrogen-bond donors (Lipinski definition) is 2. The maximum atomic E-state index is 11.3. The van der Waals surface area contributed by atoms with Gasteiger partial charge in [-0.25, -0.2) is 4.79 Å². The highest BCUT2D eigenvalue weighted by Gasteiger charge is 2.20. The lowest BCUT2D eigenvalue weighted by atomic mass is 9.96. The zero-order chi connectivity index (χ0) is 14.7. The number of hydrogen-bond acceptors (Lipinski definition) is 4. The molecule has 5 heteroatoms. The van der Waals surface area contributed by atoms with Gasteiger partial charge in [-0.3, -0.25) is 0 Å². The third-order valence-electron chi connectivity index (χ3n) is 4.03. The van der Waals surface area contributed by atoms with Gasteiger partial charge >= 0.3 is 5.97 Å². The van der Waals surface area contributed by atoms with Crippen LogP contribution in [0.2, 0.25) is 0 Å². The van der Waals surface area contributed by atoms with Crippen molar-refractivity contribution in [2.24, 2.45) is 5.92 Å². The molecule has 0 radical (unpaired) electrons. The molecule has 1 aromatic rings. The molecule has 0 bridgehead atoms. The van der Waals surface area contributed by atoms with E-state index in [1.54, 1.807) is 18.2 Å². The molecule has 0 atom stereocenters. The molecule has 1 saturated heterocycles. The minimum absolute atomic E-state index is 0.314. The Hall–Kier alpha value is -1.75. The number of likely N-dealkylation sites (tertiary alicyclic amines) is 1. The average molecular weight is 277 g/mol. The largest absolute Gasteiger partial charge is 0.478 e. The first-order chi connectivity index (χ1) is 9.47. The van der Waals surface area contributed by atoms with Crippen LogP contribution in [0.25, 0.3) is 0 Å². The summed E-state index contributed by atoms with van der Waals surface area (Å²) in [5.74, 6) is -0.297. The molecule has 1 heterocycles. The lowest BCUT2D eigenvalue weighted by molar-refractivity contribution is 0.0697. The van der Waals surface area contributed by atoms with Crippen LogP contribution in [0.1, 0.15) is 23.2 Å². The van der Waals surface area contributed by atoms with Crippen LogP contribution in [0, 0.1) is 5.92 Å². The van der Waals surface area contributed by atoms with E-state index < -0.39 is 5.97 Å². The number of anilines is 2. The second-order valence-electron chi connectivity index (χ2n) is 5.71. The SMILES string of the molecule is CN1CCC(CN(C)c2cc(N)ccc2C(=O)O)CC1. The number of carboxylic acid groups (broad SMARTS) is 1. The van der Waals surface area contributed by atoms with Crippen molar-refractivity contribution in [3.63, 3.8) is 0 Å². The van der Waals surface area contributed by atoms with E-state index in [4.69, 9.17) is 5.73 Å². The van der Waals surface area contributed by atoms with Gasteiger partial charge in [0.25, 0.3) is 0 Å². The Balaban J connectivity index is 2.10. The van der Waals surface area contributed by atoms with E-state index in [0.29, 0.717) is 22.9 Å². The number of carbonyl (C=O) groups is 1. The molecule has 1 aromatic carbocycles. The summed E-state index contributed by atoms with van der Waals surface area (Å²) in [6, 6.07) is 4.97. The standard InChI is InChI=1S/C15H23N3O2/c1-17-7-5-11(6-8-17)10-18(2)14-9-12(16)3-4-13(14)15(19)20/h3-4,9,11H,5-8,10,16H2,1-2H3,(H,19,20). The van der Waals surface area contributed by atoms with E-state index in [0.717, 1.165) is 32.5 Å². The predicted octanol–water partition coefficient (Wildman–Crippen LogP) is 1.74. The number of aromatic carboxylic acids is 1. The number of carboxylic acids is 1. The second-order valence-corrected chi connectivity index (χ2v) is 5.71. The Labute approximate surface area is 120 Å². The summed E-state index contributed by atoms with van der Waals surface area (Å²) in [6.45, 7) is 3.10. The van der Waals surface area contributed by atoms with Gasteiger partial charge in [0, 0.05) is 19.3 Å². The van der Waals surface area contributed by atoms with Crippen LogP contribution in [0.4, 0.5) is 11.4 Å². The maximum absolute atomic E-state index is 11.3. The molecule has 0 saturated carbocycles. The van der Waals surface area contributed by atoms with Crippen LogP contribution in [0.3, 0.4) is 0 Å². The van der Waals surface area contributed by atoms with Crippen molar-refractivity contribution < 1.29 is 9.90 Å². The summed E-state index contributed by atoms with van der Waals surface area (Å²) in [7, 11) is 4.08. The first-order valence-corrected chi connectivity index (χ1v) is 7.00. The van der Waals surface area contributed by atoms with Gasteiger partial charge in [-0.2, -0.15) is 0 Å². The van der Waals surface area contributed by atoms with Crippen LogP contribution < -0.4 is 10.6 Å². The molecule has 1 aliphatic heterocycles. The zero-order valence-corrected chi connectivity index (χ0v) is 12.2. The highest BCUT2D eigenvalue weighted by atomic mass is 16.4. The van der Waals surface area contributed by atoms with Gasteiger partial charge in [0.05, 0.1) is 11.3 Å². The van der Waals surface area contributed by atoms with Gasteiger partial charge in [-0.1, -0.05) is 0 Å². The highest BCUT2D eigenvalue weighted by molar-refractivity contribution is 5.95. The molecule has 0 amide bonds. The molecule has 110 valence electrons. The fraction of sp³-hybridized carbons (Fsp3) is 0.533. The quantitative estimate of drug-likeness (QED) is 0.820. The lowest BCUT2D eigenvalue weighted by Gasteiger charge is -2.33. The third kappa shape index (κ3) is 3.42. The molecule has 2 rings (SSSR count). The summed E-state index contributed by atoms with van der Waals surface area (Å²) in [6.07, 6.45) is 2.32. The summed E-state index contributed by atoms with van der Waals surface area (Å²) < 4.78 is 0. The van der Waals surface area contributed by atoms with E-state index in [1.807, 2.05) is 11.9 Å². The van der Waals surface area contributed by atoms with Gasteiger partial charge in [0.2, 0.25) is 0 Å². The number of nitrogens with two attached hydrogens (primary N) is 1. The Morgan fingerprint density at radius 3 is 2.70 bits per heavy atom. The van der Waals surface area contributed by atoms with Crippen LogP contribution in [-0.4, -0.2) is 49.7 Å². The minimum atomic E-state index is -0.907. The molecule has 0 aromatic heterocycles. The fourth-order valence-electron chi connectivity index (χ4n) is 2.78. The summed E-state index contributed by atoms with van der Waals surface area (Å²) in [4.78, 5) is 15.7. The van der Waals surface area contributed by atoms with E-state index in [1.165, 1.54) is 0 Å². The van der Waals surface area contributed by atoms with Gasteiger partial charge in [-0.05, 0) is 57.1 Å². The van der Waals surface area contributed by atoms with Crippen molar-refractivity contribution in [1.29, 1.82) is 0 Å². The minimum Gasteiger partial charge on any atom is -0.478 e. The van der Waals surface area contributed by atoms with Gasteiger partial charge in [0.15, 0.2) is 0 Å². The summed E-state index contributed by atoms with van der Waals surface area (Å²) in [5, 5.41) is 9.27. The number of piperidine rings is 1. The number of nitrogen functional groups attached to an aromatic ring is 1. The van der Waals surface area contributed by atoms with Crippen molar-refractivity contribution in [1.82, 2.24) is 4.90 Å². The molecular weight excluding hydrogens is 254 g/mol. The lowest BCUT2D eigenvalue weighted by Crippen LogP contribution is -2.36. The van der Waals surface area contributed by atoms with E-state index in [2.05, 4.69) is 11.9 Å². The van der Waals surface area contributed by atoms with Crippen LogP contribution in [-0.2, 0) is 0 Å². The second kappa shape index (κ2) is 6.13. The Morgan fingerprint density at radius 1 is 1.45 bits per heavy atom. The summed E-state index contributed by atoms with van der Waals surface area (Å²) in [5.41, 5.74) is 7.41. The van der Waals surface area contributed by atoms with Crippen LogP contribution >= 0.6 is 0 Å². The van der Waals surface area contributed by atoms with Crippen molar-refractivity contribution in [3.8, 4) is 0 Å². The number of rotatable bonds is 4. The Bertz CT molecular complexity index is 482. The first kappa shape index (κ1) is 14.7. The highest BCUT2D eigenvalue weighted by Crippen LogP contribution is 2.25. The molecule has 0 unspecified atom stereocenters. The Kier molecular flexibility index (Phi) is 4.49. The average Bonchev–Trinajstić information content (AvgIpc) is 2.41. The van der Waals surface area contributed by atoms with Crippen molar-refractivity contribution in [2.75, 3.05) is 44.4 Å². The zero-order valence-electron chi connectivity index (χ0n) is 12.2. The molecule has 0 aliphatic carbocycles.